The molecule has 0 fully saturated rings. The van der Waals surface area contributed by atoms with Crippen molar-refractivity contribution in [2.24, 2.45) is 0 Å². The number of likely N-dealkylation sites (N-methyl/N-ethyl adjacent to an activating group) is 1. The second kappa shape index (κ2) is 39.9. The monoisotopic (exact) mass is 834 g/mol. The summed E-state index contributed by atoms with van der Waals surface area (Å²) in [6.45, 7) is 4.10. The Kier molecular flexibility index (Phi) is 38.1. The van der Waals surface area contributed by atoms with Crippen LogP contribution in [-0.4, -0.2) is 70.0 Å². The van der Waals surface area contributed by atoms with Gasteiger partial charge in [-0.3, -0.25) is 14.2 Å². The Labute approximate surface area is 355 Å². The molecule has 0 aromatic carbocycles. The fraction of sp³-hybridized carbons (Fsp3) is 0.708. The average molecular weight is 834 g/mol. The van der Waals surface area contributed by atoms with E-state index in [0.29, 0.717) is 23.9 Å². The molecule has 58 heavy (non-hydrogen) atoms. The Balaban J connectivity index is 4.46. The van der Waals surface area contributed by atoms with Gasteiger partial charge in [0.15, 0.2) is 6.10 Å². The van der Waals surface area contributed by atoms with E-state index >= 15 is 0 Å². The molecule has 9 nitrogen and oxygen atoms in total. The van der Waals surface area contributed by atoms with Gasteiger partial charge in [0.25, 0.3) is 7.82 Å². The Morgan fingerprint density at radius 3 is 1.53 bits per heavy atom. The van der Waals surface area contributed by atoms with Crippen LogP contribution in [0.2, 0.25) is 0 Å². The minimum Gasteiger partial charge on any atom is -0.756 e. The fourth-order valence-electron chi connectivity index (χ4n) is 5.63. The predicted octanol–water partition coefficient (Wildman–Crippen LogP) is 12.4. The van der Waals surface area contributed by atoms with Crippen molar-refractivity contribution in [1.29, 1.82) is 0 Å². The smallest absolute Gasteiger partial charge is 0.306 e. The molecule has 10 heteroatoms. The standard InChI is InChI=1S/C48H84NO8P/c1-6-8-10-12-14-16-18-20-22-23-24-25-27-29-31-33-35-37-39-41-48(51)57-46(45-56-58(52,53)55-43-42-49(3,4)5)44-54-47(50)40-38-36-34-32-30-28-26-21-19-17-15-13-11-9-7-2/h14,16-17,19-22,24-26,29,31,46H,6-13,15,18,23,27-28,30,32-45H2,1-5H3/b16-14+,19-17+,22-20+,25-24+,26-21+,31-29+/t46-/m1/s1. The number of carbonyl (C=O) groups excluding carboxylic acids is 2. The van der Waals surface area contributed by atoms with Crippen molar-refractivity contribution in [3.05, 3.63) is 72.9 Å². The number of hydrogen-bond acceptors (Lipinski definition) is 8. The molecular formula is C48H84NO8P. The van der Waals surface area contributed by atoms with Crippen LogP contribution in [0.15, 0.2) is 72.9 Å². The highest BCUT2D eigenvalue weighted by Crippen LogP contribution is 2.38. The van der Waals surface area contributed by atoms with Crippen LogP contribution in [-0.2, 0) is 32.7 Å². The zero-order chi connectivity index (χ0) is 42.8. The van der Waals surface area contributed by atoms with Crippen molar-refractivity contribution < 1.29 is 42.1 Å². The molecule has 0 aliphatic carbocycles. The summed E-state index contributed by atoms with van der Waals surface area (Å²) in [6.07, 6.45) is 49.2. The molecule has 0 aliphatic rings. The van der Waals surface area contributed by atoms with Gasteiger partial charge in [0.1, 0.15) is 19.8 Å². The summed E-state index contributed by atoms with van der Waals surface area (Å²) in [5.41, 5.74) is 0. The lowest BCUT2D eigenvalue weighted by molar-refractivity contribution is -0.870. The number of quaternary nitrogens is 1. The number of carbonyl (C=O) groups is 2. The minimum absolute atomic E-state index is 0.0436. The van der Waals surface area contributed by atoms with Crippen molar-refractivity contribution in [1.82, 2.24) is 0 Å². The third-order valence-electron chi connectivity index (χ3n) is 9.23. The zero-order valence-electron chi connectivity index (χ0n) is 37.5. The highest BCUT2D eigenvalue weighted by atomic mass is 31.2. The largest absolute Gasteiger partial charge is 0.756 e. The fourth-order valence-corrected chi connectivity index (χ4v) is 6.36. The van der Waals surface area contributed by atoms with Gasteiger partial charge in [-0.05, 0) is 83.5 Å². The number of rotatable bonds is 40. The molecular weight excluding hydrogens is 750 g/mol. The summed E-state index contributed by atoms with van der Waals surface area (Å²) >= 11 is 0. The average Bonchev–Trinajstić information content (AvgIpc) is 3.17. The number of ether oxygens (including phenoxy) is 2. The highest BCUT2D eigenvalue weighted by Gasteiger charge is 2.21. The first-order chi connectivity index (χ1) is 28.0. The summed E-state index contributed by atoms with van der Waals surface area (Å²) < 4.78 is 33.9. The van der Waals surface area contributed by atoms with Crippen molar-refractivity contribution >= 4 is 19.8 Å². The number of allylic oxidation sites excluding steroid dienone is 12. The second-order valence-electron chi connectivity index (χ2n) is 16.1. The number of hydrogen-bond donors (Lipinski definition) is 0. The van der Waals surface area contributed by atoms with Gasteiger partial charge in [-0.2, -0.15) is 0 Å². The molecule has 0 aliphatic heterocycles. The maximum absolute atomic E-state index is 12.7. The van der Waals surface area contributed by atoms with E-state index in [9.17, 15) is 19.0 Å². The molecule has 0 heterocycles. The predicted molar refractivity (Wildman–Crippen MR) is 240 cm³/mol. The van der Waals surface area contributed by atoms with Gasteiger partial charge in [0, 0.05) is 12.8 Å². The Hall–Kier alpha value is -2.55. The maximum Gasteiger partial charge on any atom is 0.306 e. The Morgan fingerprint density at radius 2 is 0.983 bits per heavy atom. The quantitative estimate of drug-likeness (QED) is 0.0150. The second-order valence-corrected chi connectivity index (χ2v) is 17.5. The van der Waals surface area contributed by atoms with Gasteiger partial charge in [-0.1, -0.05) is 145 Å². The molecule has 0 aromatic heterocycles. The highest BCUT2D eigenvalue weighted by molar-refractivity contribution is 7.45. The number of phosphoric acid groups is 1. The van der Waals surface area contributed by atoms with Gasteiger partial charge >= 0.3 is 11.9 Å². The summed E-state index contributed by atoms with van der Waals surface area (Å²) in [5, 5.41) is 0. The van der Waals surface area contributed by atoms with Gasteiger partial charge in [-0.15, -0.1) is 0 Å². The van der Waals surface area contributed by atoms with Gasteiger partial charge in [0.2, 0.25) is 0 Å². The van der Waals surface area contributed by atoms with E-state index in [1.807, 2.05) is 21.1 Å². The van der Waals surface area contributed by atoms with Crippen LogP contribution in [0.1, 0.15) is 168 Å². The minimum atomic E-state index is -4.64. The van der Waals surface area contributed by atoms with Gasteiger partial charge < -0.3 is 27.9 Å². The number of nitrogens with zero attached hydrogens (tertiary/aromatic N) is 1. The molecule has 0 radical (unpaired) electrons. The van der Waals surface area contributed by atoms with Crippen LogP contribution in [0, 0.1) is 0 Å². The van der Waals surface area contributed by atoms with Gasteiger partial charge in [0.05, 0.1) is 27.7 Å². The molecule has 0 bridgehead atoms. The van der Waals surface area contributed by atoms with Crippen molar-refractivity contribution in [2.45, 2.75) is 174 Å². The first-order valence-corrected chi connectivity index (χ1v) is 24.1. The Morgan fingerprint density at radius 1 is 0.552 bits per heavy atom. The molecule has 334 valence electrons. The lowest BCUT2D eigenvalue weighted by atomic mass is 10.1. The van der Waals surface area contributed by atoms with E-state index < -0.39 is 32.5 Å². The van der Waals surface area contributed by atoms with E-state index in [2.05, 4.69) is 86.8 Å². The topological polar surface area (TPSA) is 111 Å². The van der Waals surface area contributed by atoms with E-state index in [-0.39, 0.29) is 26.1 Å². The normalized spacial score (nSPS) is 14.2. The molecule has 1 unspecified atom stereocenters. The van der Waals surface area contributed by atoms with E-state index in [1.54, 1.807) is 0 Å². The summed E-state index contributed by atoms with van der Waals surface area (Å²) in [4.78, 5) is 37.5. The van der Waals surface area contributed by atoms with E-state index in [0.717, 1.165) is 77.0 Å². The number of unbranched alkanes of at least 4 members (excludes halogenated alkanes) is 15. The molecule has 2 atom stereocenters. The van der Waals surface area contributed by atoms with E-state index in [1.165, 1.54) is 51.4 Å². The molecule has 0 saturated heterocycles. The number of phosphoric ester groups is 1. The van der Waals surface area contributed by atoms with Crippen LogP contribution in [0.3, 0.4) is 0 Å². The van der Waals surface area contributed by atoms with Gasteiger partial charge in [-0.25, -0.2) is 0 Å². The van der Waals surface area contributed by atoms with Crippen LogP contribution < -0.4 is 4.89 Å². The maximum atomic E-state index is 12.7. The van der Waals surface area contributed by atoms with E-state index in [4.69, 9.17) is 18.5 Å². The van der Waals surface area contributed by atoms with Crippen LogP contribution in [0.4, 0.5) is 0 Å². The van der Waals surface area contributed by atoms with Crippen molar-refractivity contribution in [3.8, 4) is 0 Å². The molecule has 0 spiro atoms. The van der Waals surface area contributed by atoms with Crippen LogP contribution >= 0.6 is 7.82 Å². The van der Waals surface area contributed by atoms with Crippen LogP contribution in [0.25, 0.3) is 0 Å². The molecule has 0 aromatic rings. The Bertz CT molecular complexity index is 1220. The lowest BCUT2D eigenvalue weighted by Gasteiger charge is -2.28. The SMILES string of the molecule is CCCCC/C=C/C/C=C/C/C=C/C/C=C/CCCCCC(=O)O[C@H](COC(=O)CCCCCCC/C=C/C=C/CCCCCC)COP(=O)([O-])OCC[N+](C)(C)C. The van der Waals surface area contributed by atoms with Crippen LogP contribution in [0.5, 0.6) is 0 Å². The first-order valence-electron chi connectivity index (χ1n) is 22.7. The van der Waals surface area contributed by atoms with Crippen molar-refractivity contribution in [2.75, 3.05) is 47.5 Å². The molecule has 0 amide bonds. The molecule has 0 saturated carbocycles. The summed E-state index contributed by atoms with van der Waals surface area (Å²) in [6, 6.07) is 0. The first kappa shape index (κ1) is 55.5. The lowest BCUT2D eigenvalue weighted by Crippen LogP contribution is -2.37. The zero-order valence-corrected chi connectivity index (χ0v) is 38.4. The number of esters is 2. The summed E-state index contributed by atoms with van der Waals surface area (Å²) in [7, 11) is 1.12. The molecule has 0 N–H and O–H groups in total. The molecule has 0 rings (SSSR count). The van der Waals surface area contributed by atoms with Crippen molar-refractivity contribution in [3.63, 3.8) is 0 Å². The summed E-state index contributed by atoms with van der Waals surface area (Å²) in [5.74, 6) is -0.894. The third kappa shape index (κ3) is 43.0. The third-order valence-corrected chi connectivity index (χ3v) is 10.2.